The van der Waals surface area contributed by atoms with Crippen molar-refractivity contribution >= 4 is 11.9 Å². The van der Waals surface area contributed by atoms with Gasteiger partial charge in [-0.2, -0.15) is 0 Å². The van der Waals surface area contributed by atoms with Gasteiger partial charge in [-0.05, 0) is 25.0 Å². The number of nitrogens with two attached hydrogens (primary N) is 1. The van der Waals surface area contributed by atoms with Crippen molar-refractivity contribution in [1.82, 2.24) is 15.5 Å². The number of benzene rings is 1. The summed E-state index contributed by atoms with van der Waals surface area (Å²) in [5.41, 5.74) is 5.18. The zero-order valence-electron chi connectivity index (χ0n) is 13.2. The molecule has 2 rings (SSSR count). The van der Waals surface area contributed by atoms with Crippen molar-refractivity contribution in [2.75, 3.05) is 32.8 Å². The maximum absolute atomic E-state index is 11.8. The standard InChI is InChI=1S/C16H24N4O3/c17-15(21)12-20-9-6-13(7-10-20)19-16(22)18-8-11-23-14-4-2-1-3-5-14/h1-5,13H,6-12H2,(H2,17,21)(H2,18,19,22). The van der Waals surface area contributed by atoms with E-state index in [9.17, 15) is 9.59 Å². The fourth-order valence-corrected chi connectivity index (χ4v) is 2.54. The summed E-state index contributed by atoms with van der Waals surface area (Å²) in [6.45, 7) is 2.70. The van der Waals surface area contributed by atoms with E-state index in [1.165, 1.54) is 0 Å². The van der Waals surface area contributed by atoms with Gasteiger partial charge in [0.1, 0.15) is 12.4 Å². The van der Waals surface area contributed by atoms with E-state index in [0.29, 0.717) is 13.2 Å². The van der Waals surface area contributed by atoms with Crippen LogP contribution in [0.25, 0.3) is 0 Å². The predicted molar refractivity (Wildman–Crippen MR) is 87.1 cm³/mol. The third-order valence-electron chi connectivity index (χ3n) is 3.70. The van der Waals surface area contributed by atoms with Gasteiger partial charge in [0.15, 0.2) is 0 Å². The Morgan fingerprint density at radius 1 is 1.22 bits per heavy atom. The summed E-state index contributed by atoms with van der Waals surface area (Å²) >= 11 is 0. The first-order valence-corrected chi connectivity index (χ1v) is 7.86. The topological polar surface area (TPSA) is 96.7 Å². The normalized spacial score (nSPS) is 15.8. The van der Waals surface area contributed by atoms with Gasteiger partial charge in [-0.3, -0.25) is 9.69 Å². The number of amides is 3. The van der Waals surface area contributed by atoms with Crippen molar-refractivity contribution < 1.29 is 14.3 Å². The molecule has 0 saturated carbocycles. The van der Waals surface area contributed by atoms with E-state index in [0.717, 1.165) is 31.7 Å². The predicted octanol–water partition coefficient (Wildman–Crippen LogP) is 0.314. The molecule has 0 radical (unpaired) electrons. The third kappa shape index (κ3) is 6.56. The lowest BCUT2D eigenvalue weighted by Gasteiger charge is -2.31. The molecule has 1 saturated heterocycles. The highest BCUT2D eigenvalue weighted by atomic mass is 16.5. The molecule has 7 nitrogen and oxygen atoms in total. The monoisotopic (exact) mass is 320 g/mol. The van der Waals surface area contributed by atoms with Crippen LogP contribution in [-0.4, -0.2) is 55.7 Å². The molecule has 1 aromatic carbocycles. The molecule has 1 aliphatic rings. The number of hydrogen-bond donors (Lipinski definition) is 3. The zero-order valence-corrected chi connectivity index (χ0v) is 13.2. The van der Waals surface area contributed by atoms with Gasteiger partial charge in [0, 0.05) is 19.1 Å². The summed E-state index contributed by atoms with van der Waals surface area (Å²) in [6.07, 6.45) is 1.64. The molecule has 0 spiro atoms. The summed E-state index contributed by atoms with van der Waals surface area (Å²) in [6, 6.07) is 9.43. The molecule has 0 unspecified atom stereocenters. The summed E-state index contributed by atoms with van der Waals surface area (Å²) < 4.78 is 5.50. The first kappa shape index (κ1) is 17.1. The van der Waals surface area contributed by atoms with E-state index < -0.39 is 0 Å². The number of carbonyl (C=O) groups excluding carboxylic acids is 2. The van der Waals surface area contributed by atoms with Crippen molar-refractivity contribution in [3.05, 3.63) is 30.3 Å². The Bertz CT molecular complexity index is 501. The van der Waals surface area contributed by atoms with Crippen molar-refractivity contribution in [3.8, 4) is 5.75 Å². The quantitative estimate of drug-likeness (QED) is 0.630. The molecule has 1 heterocycles. The zero-order chi connectivity index (χ0) is 16.5. The second-order valence-electron chi connectivity index (χ2n) is 5.58. The highest BCUT2D eigenvalue weighted by molar-refractivity contribution is 5.76. The minimum absolute atomic E-state index is 0.133. The number of nitrogens with zero attached hydrogens (tertiary/aromatic N) is 1. The molecule has 1 fully saturated rings. The highest BCUT2D eigenvalue weighted by Crippen LogP contribution is 2.09. The summed E-state index contributed by atoms with van der Waals surface area (Å²) in [4.78, 5) is 24.7. The Balaban J connectivity index is 1.56. The highest BCUT2D eigenvalue weighted by Gasteiger charge is 2.21. The average molecular weight is 320 g/mol. The van der Waals surface area contributed by atoms with Gasteiger partial charge in [0.05, 0.1) is 13.1 Å². The minimum atomic E-state index is -0.312. The van der Waals surface area contributed by atoms with E-state index >= 15 is 0 Å². The lowest BCUT2D eigenvalue weighted by atomic mass is 10.1. The van der Waals surface area contributed by atoms with Crippen molar-refractivity contribution in [2.24, 2.45) is 5.73 Å². The Hall–Kier alpha value is -2.28. The first-order valence-electron chi connectivity index (χ1n) is 7.86. The summed E-state index contributed by atoms with van der Waals surface area (Å²) in [5.74, 6) is 0.476. The minimum Gasteiger partial charge on any atom is -0.492 e. The van der Waals surface area contributed by atoms with Crippen LogP contribution >= 0.6 is 0 Å². The summed E-state index contributed by atoms with van der Waals surface area (Å²) in [5, 5.41) is 5.72. The number of ether oxygens (including phenoxy) is 1. The largest absolute Gasteiger partial charge is 0.492 e. The SMILES string of the molecule is NC(=O)CN1CCC(NC(=O)NCCOc2ccccc2)CC1. The molecule has 0 bridgehead atoms. The van der Waals surface area contributed by atoms with Gasteiger partial charge in [0.25, 0.3) is 0 Å². The van der Waals surface area contributed by atoms with Gasteiger partial charge in [-0.25, -0.2) is 4.79 Å². The van der Waals surface area contributed by atoms with Gasteiger partial charge in [-0.1, -0.05) is 18.2 Å². The maximum Gasteiger partial charge on any atom is 0.315 e. The van der Waals surface area contributed by atoms with E-state index in [1.807, 2.05) is 35.2 Å². The number of hydrogen-bond acceptors (Lipinski definition) is 4. The van der Waals surface area contributed by atoms with Crippen LogP contribution in [0.5, 0.6) is 5.75 Å². The molecule has 1 aliphatic heterocycles. The average Bonchev–Trinajstić information content (AvgIpc) is 2.54. The number of carbonyl (C=O) groups is 2. The molecule has 4 N–H and O–H groups in total. The van der Waals surface area contributed by atoms with Crippen LogP contribution in [0, 0.1) is 0 Å². The van der Waals surface area contributed by atoms with E-state index in [4.69, 9.17) is 10.5 Å². The molecule has 0 aromatic heterocycles. The van der Waals surface area contributed by atoms with Gasteiger partial charge < -0.3 is 21.1 Å². The van der Waals surface area contributed by atoms with E-state index in [2.05, 4.69) is 10.6 Å². The number of likely N-dealkylation sites (tertiary alicyclic amines) is 1. The molecule has 0 aliphatic carbocycles. The lowest BCUT2D eigenvalue weighted by Crippen LogP contribution is -2.49. The molecular formula is C16H24N4O3. The fraction of sp³-hybridized carbons (Fsp3) is 0.500. The third-order valence-corrected chi connectivity index (χ3v) is 3.70. The fourth-order valence-electron chi connectivity index (χ4n) is 2.54. The van der Waals surface area contributed by atoms with Crippen molar-refractivity contribution in [3.63, 3.8) is 0 Å². The van der Waals surface area contributed by atoms with Gasteiger partial charge >= 0.3 is 6.03 Å². The van der Waals surface area contributed by atoms with E-state index in [-0.39, 0.29) is 24.5 Å². The molecule has 126 valence electrons. The Morgan fingerprint density at radius 2 is 1.91 bits per heavy atom. The lowest BCUT2D eigenvalue weighted by molar-refractivity contribution is -0.119. The Kier molecular flexibility index (Phi) is 6.68. The maximum atomic E-state index is 11.8. The van der Waals surface area contributed by atoms with Gasteiger partial charge in [-0.15, -0.1) is 0 Å². The number of para-hydroxylation sites is 1. The molecule has 3 amide bonds. The molecular weight excluding hydrogens is 296 g/mol. The van der Waals surface area contributed by atoms with Crippen LogP contribution in [0.4, 0.5) is 4.79 Å². The number of nitrogens with one attached hydrogen (secondary N) is 2. The van der Waals surface area contributed by atoms with Crippen LogP contribution in [0.1, 0.15) is 12.8 Å². The molecule has 0 atom stereocenters. The number of urea groups is 1. The van der Waals surface area contributed by atoms with Crippen LogP contribution in [-0.2, 0) is 4.79 Å². The summed E-state index contributed by atoms with van der Waals surface area (Å²) in [7, 11) is 0. The first-order chi connectivity index (χ1) is 11.1. The number of primary amides is 1. The Labute approximate surface area is 136 Å². The molecule has 7 heteroatoms. The van der Waals surface area contributed by atoms with Crippen LogP contribution in [0.15, 0.2) is 30.3 Å². The van der Waals surface area contributed by atoms with Gasteiger partial charge in [0.2, 0.25) is 5.91 Å². The van der Waals surface area contributed by atoms with Crippen molar-refractivity contribution in [1.29, 1.82) is 0 Å². The van der Waals surface area contributed by atoms with E-state index in [1.54, 1.807) is 0 Å². The second kappa shape index (κ2) is 8.99. The van der Waals surface area contributed by atoms with Crippen molar-refractivity contribution in [2.45, 2.75) is 18.9 Å². The number of rotatable bonds is 7. The Morgan fingerprint density at radius 3 is 2.57 bits per heavy atom. The smallest absolute Gasteiger partial charge is 0.315 e. The molecule has 1 aromatic rings. The van der Waals surface area contributed by atoms with Crippen LogP contribution < -0.4 is 21.1 Å². The molecule has 23 heavy (non-hydrogen) atoms. The number of piperidine rings is 1. The van der Waals surface area contributed by atoms with Crippen LogP contribution in [0.3, 0.4) is 0 Å². The van der Waals surface area contributed by atoms with Crippen LogP contribution in [0.2, 0.25) is 0 Å². The second-order valence-corrected chi connectivity index (χ2v) is 5.58.